The third-order valence-electron chi connectivity index (χ3n) is 8.16. The summed E-state index contributed by atoms with van der Waals surface area (Å²) in [6, 6.07) is 14.3. The van der Waals surface area contributed by atoms with E-state index in [-0.39, 0.29) is 17.7 Å². The number of benzene rings is 2. The van der Waals surface area contributed by atoms with Crippen LogP contribution in [-0.4, -0.2) is 20.7 Å². The Morgan fingerprint density at radius 3 is 2.56 bits per heavy atom. The normalized spacial score (nSPS) is 21.6. The molecule has 2 aliphatic carbocycles. The van der Waals surface area contributed by atoms with Crippen LogP contribution in [0, 0.1) is 11.8 Å². The van der Waals surface area contributed by atoms with E-state index < -0.39 is 0 Å². The first-order chi connectivity index (χ1) is 16.7. The Morgan fingerprint density at radius 2 is 1.71 bits per heavy atom. The van der Waals surface area contributed by atoms with Crippen LogP contribution in [0.1, 0.15) is 88.7 Å². The van der Waals surface area contributed by atoms with E-state index in [1.807, 2.05) is 24.3 Å². The van der Waals surface area contributed by atoms with Crippen molar-refractivity contribution in [3.05, 3.63) is 54.1 Å². The van der Waals surface area contributed by atoms with Crippen molar-refractivity contribution in [2.45, 2.75) is 90.0 Å². The van der Waals surface area contributed by atoms with Gasteiger partial charge < -0.3 is 9.88 Å². The molecule has 34 heavy (non-hydrogen) atoms. The second-order valence-corrected chi connectivity index (χ2v) is 10.3. The second kappa shape index (κ2) is 10.7. The van der Waals surface area contributed by atoms with Crippen LogP contribution in [0.2, 0.25) is 0 Å². The molecular weight excluding hydrogens is 420 g/mol. The number of fused-ring (bicyclic) bond motifs is 1. The fraction of sp³-hybridized carbons (Fsp3) is 0.552. The average molecular weight is 459 g/mol. The Kier molecular flexibility index (Phi) is 7.27. The van der Waals surface area contributed by atoms with Gasteiger partial charge >= 0.3 is 0 Å². The standard InChI is InChI=1S/C29H38N4O/c1-2-33-27(20-19-21-11-4-3-5-12-21)31-32-28(33)24-16-8-9-17-25(24)29(34)30-26-18-10-14-22-13-6-7-15-23(22)26/h6-7,10,13-15,18,21,24-25H,2-5,8-9,11-12,16-17,19-20H2,1H3,(H,30,34)/t24-,25?/m0/s1. The summed E-state index contributed by atoms with van der Waals surface area (Å²) in [7, 11) is 0. The molecule has 3 aromatic rings. The minimum atomic E-state index is -0.0617. The summed E-state index contributed by atoms with van der Waals surface area (Å²) in [4.78, 5) is 13.6. The van der Waals surface area contributed by atoms with Crippen LogP contribution in [0.3, 0.4) is 0 Å². The van der Waals surface area contributed by atoms with Crippen LogP contribution in [0.5, 0.6) is 0 Å². The molecule has 1 unspecified atom stereocenters. The maximum absolute atomic E-state index is 13.6. The van der Waals surface area contributed by atoms with Gasteiger partial charge in [-0.2, -0.15) is 0 Å². The Morgan fingerprint density at radius 1 is 0.941 bits per heavy atom. The predicted molar refractivity (Wildman–Crippen MR) is 138 cm³/mol. The lowest BCUT2D eigenvalue weighted by Crippen LogP contribution is -2.32. The molecule has 2 aromatic carbocycles. The van der Waals surface area contributed by atoms with Gasteiger partial charge in [0.1, 0.15) is 11.6 Å². The van der Waals surface area contributed by atoms with Crippen LogP contribution >= 0.6 is 0 Å². The zero-order valence-corrected chi connectivity index (χ0v) is 20.5. The number of rotatable bonds is 7. The average Bonchev–Trinajstić information content (AvgIpc) is 3.31. The third kappa shape index (κ3) is 4.89. The van der Waals surface area contributed by atoms with Gasteiger partial charge in [0, 0.05) is 35.9 Å². The van der Waals surface area contributed by atoms with Gasteiger partial charge in [0.2, 0.25) is 5.91 Å². The van der Waals surface area contributed by atoms with E-state index in [2.05, 4.69) is 40.1 Å². The first-order valence-corrected chi connectivity index (χ1v) is 13.4. The van der Waals surface area contributed by atoms with Gasteiger partial charge in [0.25, 0.3) is 0 Å². The molecule has 2 fully saturated rings. The fourth-order valence-electron chi connectivity index (χ4n) is 6.28. The molecule has 0 radical (unpaired) electrons. The van der Waals surface area contributed by atoms with Crippen LogP contribution in [-0.2, 0) is 17.8 Å². The lowest BCUT2D eigenvalue weighted by Gasteiger charge is -2.30. The minimum Gasteiger partial charge on any atom is -0.325 e. The van der Waals surface area contributed by atoms with E-state index in [0.717, 1.165) is 72.7 Å². The zero-order chi connectivity index (χ0) is 23.3. The number of hydrogen-bond donors (Lipinski definition) is 1. The van der Waals surface area contributed by atoms with Crippen molar-refractivity contribution in [1.82, 2.24) is 14.8 Å². The van der Waals surface area contributed by atoms with Crippen LogP contribution in [0.4, 0.5) is 5.69 Å². The first kappa shape index (κ1) is 23.1. The molecule has 1 aromatic heterocycles. The molecule has 0 saturated heterocycles. The van der Waals surface area contributed by atoms with E-state index in [4.69, 9.17) is 5.10 Å². The molecule has 0 aliphatic heterocycles. The van der Waals surface area contributed by atoms with Crippen molar-refractivity contribution >= 4 is 22.4 Å². The highest BCUT2D eigenvalue weighted by molar-refractivity contribution is 6.03. The highest BCUT2D eigenvalue weighted by Crippen LogP contribution is 2.39. The number of nitrogens with one attached hydrogen (secondary N) is 1. The molecular formula is C29H38N4O. The highest BCUT2D eigenvalue weighted by atomic mass is 16.1. The molecule has 5 heteroatoms. The Labute approximate surface area is 203 Å². The Hall–Kier alpha value is -2.69. The quantitative estimate of drug-likeness (QED) is 0.420. The van der Waals surface area contributed by atoms with Crippen molar-refractivity contribution < 1.29 is 4.79 Å². The molecule has 180 valence electrons. The monoisotopic (exact) mass is 458 g/mol. The maximum atomic E-state index is 13.6. The molecule has 5 rings (SSSR count). The molecule has 0 spiro atoms. The number of aromatic nitrogens is 3. The molecule has 5 nitrogen and oxygen atoms in total. The fourth-order valence-corrected chi connectivity index (χ4v) is 6.28. The van der Waals surface area contributed by atoms with Gasteiger partial charge in [-0.05, 0) is 43.6 Å². The molecule has 1 heterocycles. The lowest BCUT2D eigenvalue weighted by molar-refractivity contribution is -0.121. The van der Waals surface area contributed by atoms with Gasteiger partial charge in [-0.25, -0.2) is 0 Å². The molecule has 1 N–H and O–H groups in total. The predicted octanol–water partition coefficient (Wildman–Crippen LogP) is 6.88. The lowest BCUT2D eigenvalue weighted by atomic mass is 9.78. The van der Waals surface area contributed by atoms with E-state index in [1.165, 1.54) is 38.5 Å². The maximum Gasteiger partial charge on any atom is 0.228 e. The number of amides is 1. The molecule has 2 aliphatic rings. The number of nitrogens with zero attached hydrogens (tertiary/aromatic N) is 3. The summed E-state index contributed by atoms with van der Waals surface area (Å²) in [6.07, 6.45) is 13.3. The summed E-state index contributed by atoms with van der Waals surface area (Å²) in [6.45, 7) is 3.06. The number of carbonyl (C=O) groups excluding carboxylic acids is 1. The minimum absolute atomic E-state index is 0.0617. The Bertz CT molecular complexity index is 1110. The van der Waals surface area contributed by atoms with Gasteiger partial charge in [-0.15, -0.1) is 10.2 Å². The van der Waals surface area contributed by atoms with Crippen molar-refractivity contribution in [1.29, 1.82) is 0 Å². The summed E-state index contributed by atoms with van der Waals surface area (Å²) in [5.41, 5.74) is 0.901. The van der Waals surface area contributed by atoms with E-state index in [9.17, 15) is 4.79 Å². The molecule has 2 saturated carbocycles. The van der Waals surface area contributed by atoms with E-state index >= 15 is 0 Å². The zero-order valence-electron chi connectivity index (χ0n) is 20.5. The molecule has 1 amide bonds. The topological polar surface area (TPSA) is 59.8 Å². The first-order valence-electron chi connectivity index (χ1n) is 13.4. The van der Waals surface area contributed by atoms with Crippen LogP contribution < -0.4 is 5.32 Å². The van der Waals surface area contributed by atoms with Crippen LogP contribution in [0.15, 0.2) is 42.5 Å². The second-order valence-electron chi connectivity index (χ2n) is 10.3. The van der Waals surface area contributed by atoms with Gasteiger partial charge in [-0.3, -0.25) is 4.79 Å². The van der Waals surface area contributed by atoms with Crippen molar-refractivity contribution in [2.75, 3.05) is 5.32 Å². The Balaban J connectivity index is 1.34. The van der Waals surface area contributed by atoms with Crippen LogP contribution in [0.25, 0.3) is 10.8 Å². The van der Waals surface area contributed by atoms with Gasteiger partial charge in [0.05, 0.1) is 0 Å². The van der Waals surface area contributed by atoms with E-state index in [0.29, 0.717) is 0 Å². The van der Waals surface area contributed by atoms with Crippen molar-refractivity contribution in [3.63, 3.8) is 0 Å². The SMILES string of the molecule is CCn1c(CCC2CCCCC2)nnc1[C@H]1CCCCC1C(=O)Nc1cccc2ccccc12. The van der Waals surface area contributed by atoms with Crippen molar-refractivity contribution in [3.8, 4) is 0 Å². The summed E-state index contributed by atoms with van der Waals surface area (Å²) >= 11 is 0. The highest BCUT2D eigenvalue weighted by Gasteiger charge is 2.36. The summed E-state index contributed by atoms with van der Waals surface area (Å²) < 4.78 is 2.32. The van der Waals surface area contributed by atoms with E-state index in [1.54, 1.807) is 0 Å². The largest absolute Gasteiger partial charge is 0.325 e. The molecule has 0 bridgehead atoms. The smallest absolute Gasteiger partial charge is 0.228 e. The summed E-state index contributed by atoms with van der Waals surface area (Å²) in [5, 5.41) is 14.9. The number of carbonyl (C=O) groups is 1. The third-order valence-corrected chi connectivity index (χ3v) is 8.16. The summed E-state index contributed by atoms with van der Waals surface area (Å²) in [5.74, 6) is 3.18. The number of anilines is 1. The number of aryl methyl sites for hydroxylation is 1. The van der Waals surface area contributed by atoms with Gasteiger partial charge in [-0.1, -0.05) is 81.3 Å². The van der Waals surface area contributed by atoms with Crippen molar-refractivity contribution in [2.24, 2.45) is 11.8 Å². The number of hydrogen-bond acceptors (Lipinski definition) is 3. The van der Waals surface area contributed by atoms with Gasteiger partial charge in [0.15, 0.2) is 0 Å². The molecule has 2 atom stereocenters.